The van der Waals surface area contributed by atoms with Crippen molar-refractivity contribution in [1.29, 1.82) is 0 Å². The Morgan fingerprint density at radius 1 is 1.35 bits per heavy atom. The largest absolute Gasteiger partial charge is 0.391 e. The molecule has 0 fully saturated rings. The molecule has 0 aliphatic rings. The summed E-state index contributed by atoms with van der Waals surface area (Å²) in [4.78, 5) is 13.0. The smallest absolute Gasteiger partial charge is 0.261 e. The summed E-state index contributed by atoms with van der Waals surface area (Å²) in [5.41, 5.74) is 0.774. The Bertz CT molecular complexity index is 625. The van der Waals surface area contributed by atoms with E-state index < -0.39 is 6.10 Å². The molecule has 2 N–H and O–H groups in total. The Balaban J connectivity index is 2.14. The van der Waals surface area contributed by atoms with Gasteiger partial charge in [0.25, 0.3) is 5.91 Å². The molecule has 0 saturated carbocycles. The van der Waals surface area contributed by atoms with Gasteiger partial charge in [0, 0.05) is 11.2 Å². The molecule has 2 rings (SSSR count). The molecule has 1 heterocycles. The predicted molar refractivity (Wildman–Crippen MR) is 84.4 cm³/mol. The lowest BCUT2D eigenvalue weighted by molar-refractivity contribution is 0.0588. The van der Waals surface area contributed by atoms with E-state index in [1.807, 2.05) is 52.0 Å². The van der Waals surface area contributed by atoms with Gasteiger partial charge >= 0.3 is 0 Å². The zero-order valence-corrected chi connectivity index (χ0v) is 13.2. The molecular weight excluding hydrogens is 270 g/mol. The average molecular weight is 291 g/mol. The molecule has 1 amide bonds. The van der Waals surface area contributed by atoms with E-state index in [1.54, 1.807) is 0 Å². The van der Waals surface area contributed by atoms with Gasteiger partial charge in [-0.1, -0.05) is 39.0 Å². The molecule has 108 valence electrons. The van der Waals surface area contributed by atoms with Crippen LogP contribution in [0.1, 0.15) is 36.0 Å². The number of rotatable bonds is 3. The van der Waals surface area contributed by atoms with E-state index >= 15 is 0 Å². The van der Waals surface area contributed by atoms with Crippen LogP contribution in [0, 0.1) is 12.3 Å². The SMILES string of the molecule is Cc1c(C(=O)NCC(O)C(C)(C)C)sc2ccccc12. The summed E-state index contributed by atoms with van der Waals surface area (Å²) >= 11 is 1.50. The van der Waals surface area contributed by atoms with Gasteiger partial charge in [-0.15, -0.1) is 11.3 Å². The molecular formula is C16H21NO2S. The summed E-state index contributed by atoms with van der Waals surface area (Å²) in [5.74, 6) is -0.105. The molecule has 20 heavy (non-hydrogen) atoms. The number of hydrogen-bond acceptors (Lipinski definition) is 3. The van der Waals surface area contributed by atoms with E-state index in [2.05, 4.69) is 5.32 Å². The van der Waals surface area contributed by atoms with Crippen LogP contribution in [0.15, 0.2) is 24.3 Å². The first-order chi connectivity index (χ1) is 9.30. The molecule has 0 radical (unpaired) electrons. The Kier molecular flexibility index (Phi) is 4.16. The van der Waals surface area contributed by atoms with Crippen LogP contribution >= 0.6 is 11.3 Å². The third-order valence-electron chi connectivity index (χ3n) is 3.51. The van der Waals surface area contributed by atoms with Crippen molar-refractivity contribution in [3.8, 4) is 0 Å². The molecule has 2 aromatic rings. The third-order valence-corrected chi connectivity index (χ3v) is 4.78. The highest BCUT2D eigenvalue weighted by molar-refractivity contribution is 7.21. The number of fused-ring (bicyclic) bond motifs is 1. The summed E-state index contributed by atoms with van der Waals surface area (Å²) in [6.45, 7) is 8.10. The highest BCUT2D eigenvalue weighted by atomic mass is 32.1. The predicted octanol–water partition coefficient (Wildman–Crippen LogP) is 3.35. The van der Waals surface area contributed by atoms with Crippen LogP contribution in [-0.2, 0) is 0 Å². The number of benzene rings is 1. The first kappa shape index (κ1) is 15.0. The van der Waals surface area contributed by atoms with Crippen molar-refractivity contribution in [1.82, 2.24) is 5.32 Å². The number of hydrogen-bond donors (Lipinski definition) is 2. The minimum absolute atomic E-state index is 0.105. The number of nitrogens with one attached hydrogen (secondary N) is 1. The molecule has 0 spiro atoms. The standard InChI is InChI=1S/C16H21NO2S/c1-10-11-7-5-6-8-12(11)20-14(10)15(19)17-9-13(18)16(2,3)4/h5-8,13,18H,9H2,1-4H3,(H,17,19). The van der Waals surface area contributed by atoms with Crippen molar-refractivity contribution in [2.24, 2.45) is 5.41 Å². The van der Waals surface area contributed by atoms with Crippen molar-refractivity contribution in [2.75, 3.05) is 6.54 Å². The molecule has 1 atom stereocenters. The fourth-order valence-electron chi connectivity index (χ4n) is 1.97. The van der Waals surface area contributed by atoms with E-state index in [9.17, 15) is 9.90 Å². The highest BCUT2D eigenvalue weighted by Gasteiger charge is 2.23. The van der Waals surface area contributed by atoms with Gasteiger partial charge in [-0.25, -0.2) is 0 Å². The van der Waals surface area contributed by atoms with Crippen molar-refractivity contribution in [3.05, 3.63) is 34.7 Å². The number of carbonyl (C=O) groups is 1. The first-order valence-electron chi connectivity index (χ1n) is 6.75. The lowest BCUT2D eigenvalue weighted by atomic mass is 9.89. The van der Waals surface area contributed by atoms with E-state index in [4.69, 9.17) is 0 Å². The number of aryl methyl sites for hydroxylation is 1. The minimum Gasteiger partial charge on any atom is -0.391 e. The summed E-state index contributed by atoms with van der Waals surface area (Å²) in [7, 11) is 0. The highest BCUT2D eigenvalue weighted by Crippen LogP contribution is 2.30. The Morgan fingerprint density at radius 3 is 2.60 bits per heavy atom. The number of aliphatic hydroxyl groups excluding tert-OH is 1. The van der Waals surface area contributed by atoms with Crippen molar-refractivity contribution in [2.45, 2.75) is 33.8 Å². The van der Waals surface area contributed by atoms with Crippen LogP contribution < -0.4 is 5.32 Å². The topological polar surface area (TPSA) is 49.3 Å². The van der Waals surface area contributed by atoms with Gasteiger partial charge in [0.05, 0.1) is 11.0 Å². The van der Waals surface area contributed by atoms with Gasteiger partial charge in [0.2, 0.25) is 0 Å². The van der Waals surface area contributed by atoms with Crippen molar-refractivity contribution < 1.29 is 9.90 Å². The minimum atomic E-state index is -0.555. The third kappa shape index (κ3) is 3.02. The molecule has 0 aliphatic heterocycles. The normalized spacial score (nSPS) is 13.4. The summed E-state index contributed by atoms with van der Waals surface area (Å²) in [6.07, 6.45) is -0.555. The fraction of sp³-hybridized carbons (Fsp3) is 0.438. The second kappa shape index (κ2) is 5.54. The van der Waals surface area contributed by atoms with Crippen LogP contribution in [0.25, 0.3) is 10.1 Å². The average Bonchev–Trinajstić information content (AvgIpc) is 2.72. The van der Waals surface area contributed by atoms with E-state index in [-0.39, 0.29) is 17.9 Å². The monoisotopic (exact) mass is 291 g/mol. The Morgan fingerprint density at radius 2 is 2.00 bits per heavy atom. The van der Waals surface area contributed by atoms with Gasteiger partial charge in [0.1, 0.15) is 0 Å². The summed E-state index contributed by atoms with van der Waals surface area (Å²) < 4.78 is 1.12. The Hall–Kier alpha value is -1.39. The van der Waals surface area contributed by atoms with Crippen molar-refractivity contribution in [3.63, 3.8) is 0 Å². The van der Waals surface area contributed by atoms with Crippen LogP contribution in [0.4, 0.5) is 0 Å². The maximum Gasteiger partial charge on any atom is 0.261 e. The van der Waals surface area contributed by atoms with Crippen LogP contribution in [0.3, 0.4) is 0 Å². The first-order valence-corrected chi connectivity index (χ1v) is 7.56. The van der Waals surface area contributed by atoms with Crippen molar-refractivity contribution >= 4 is 27.3 Å². The summed E-state index contributed by atoms with van der Waals surface area (Å²) in [5, 5.41) is 13.9. The molecule has 0 saturated heterocycles. The van der Waals surface area contributed by atoms with Gasteiger partial charge in [-0.05, 0) is 29.4 Å². The lowest BCUT2D eigenvalue weighted by Crippen LogP contribution is -2.39. The number of carbonyl (C=O) groups excluding carboxylic acids is 1. The maximum absolute atomic E-state index is 12.3. The van der Waals surface area contributed by atoms with Crippen LogP contribution in [0.5, 0.6) is 0 Å². The van der Waals surface area contributed by atoms with Gasteiger partial charge in [-0.3, -0.25) is 4.79 Å². The zero-order chi connectivity index (χ0) is 14.9. The van der Waals surface area contributed by atoms with Crippen LogP contribution in [-0.4, -0.2) is 23.7 Å². The van der Waals surface area contributed by atoms with Crippen LogP contribution in [0.2, 0.25) is 0 Å². The molecule has 0 bridgehead atoms. The molecule has 1 aromatic heterocycles. The van der Waals surface area contributed by atoms with E-state index in [1.165, 1.54) is 11.3 Å². The molecule has 4 heteroatoms. The molecule has 1 aromatic carbocycles. The number of thiophene rings is 1. The van der Waals surface area contributed by atoms with E-state index in [0.29, 0.717) is 0 Å². The quantitative estimate of drug-likeness (QED) is 0.911. The lowest BCUT2D eigenvalue weighted by Gasteiger charge is -2.25. The fourth-order valence-corrected chi connectivity index (χ4v) is 3.09. The molecule has 0 aliphatic carbocycles. The second-order valence-corrected chi connectivity index (χ2v) is 7.20. The maximum atomic E-state index is 12.3. The van der Waals surface area contributed by atoms with Gasteiger partial charge in [0.15, 0.2) is 0 Å². The van der Waals surface area contributed by atoms with E-state index in [0.717, 1.165) is 20.5 Å². The molecule has 1 unspecified atom stereocenters. The number of aliphatic hydroxyl groups is 1. The second-order valence-electron chi connectivity index (χ2n) is 6.14. The van der Waals surface area contributed by atoms with Gasteiger partial charge in [-0.2, -0.15) is 0 Å². The Labute approximate surface area is 123 Å². The number of amides is 1. The zero-order valence-electron chi connectivity index (χ0n) is 12.4. The summed E-state index contributed by atoms with van der Waals surface area (Å²) in [6, 6.07) is 8.01. The van der Waals surface area contributed by atoms with Gasteiger partial charge < -0.3 is 10.4 Å². The molecule has 3 nitrogen and oxygen atoms in total.